The van der Waals surface area contributed by atoms with Crippen LogP contribution in [-0.4, -0.2) is 24.6 Å². The van der Waals surface area contributed by atoms with Gasteiger partial charge in [0.05, 0.1) is 5.69 Å². The summed E-state index contributed by atoms with van der Waals surface area (Å²) in [7, 11) is 0. The fourth-order valence-corrected chi connectivity index (χ4v) is 4.03. The van der Waals surface area contributed by atoms with Crippen molar-refractivity contribution in [1.82, 2.24) is 10.3 Å². The molecule has 1 aliphatic rings. The Morgan fingerprint density at radius 1 is 1.47 bits per heavy atom. The van der Waals surface area contributed by atoms with E-state index in [4.69, 9.17) is 4.98 Å². The molecule has 2 heterocycles. The topological polar surface area (TPSA) is 28.2 Å². The number of hydrogen-bond acceptors (Lipinski definition) is 4. The molecule has 2 rings (SSSR count). The molecule has 3 nitrogen and oxygen atoms in total. The average molecular weight is 281 g/mol. The lowest BCUT2D eigenvalue weighted by Gasteiger charge is -2.32. The molecule has 0 aliphatic carbocycles. The normalized spacial score (nSPS) is 21.7. The average Bonchev–Trinajstić information content (AvgIpc) is 2.81. The Hall–Kier alpha value is -0.610. The lowest BCUT2D eigenvalue weighted by atomic mass is 9.96. The summed E-state index contributed by atoms with van der Waals surface area (Å²) in [5, 5.41) is 4.72. The molecule has 0 spiro atoms. The maximum absolute atomic E-state index is 4.81. The van der Waals surface area contributed by atoms with E-state index in [9.17, 15) is 0 Å². The summed E-state index contributed by atoms with van der Waals surface area (Å²) in [6, 6.07) is 0.419. The molecule has 0 saturated carbocycles. The minimum absolute atomic E-state index is 0.419. The summed E-state index contributed by atoms with van der Waals surface area (Å²) in [4.78, 5) is 8.71. The van der Waals surface area contributed by atoms with Crippen molar-refractivity contribution in [2.24, 2.45) is 5.92 Å². The number of aryl methyl sites for hydroxylation is 1. The first-order valence-electron chi connectivity index (χ1n) is 7.61. The first-order valence-corrected chi connectivity index (χ1v) is 8.43. The maximum Gasteiger partial charge on any atom is 0.185 e. The summed E-state index contributed by atoms with van der Waals surface area (Å²) >= 11 is 1.88. The fraction of sp³-hybridized carbons (Fsp3) is 0.800. The first kappa shape index (κ1) is 14.8. The lowest BCUT2D eigenvalue weighted by Crippen LogP contribution is -2.35. The fourth-order valence-electron chi connectivity index (χ4n) is 2.90. The van der Waals surface area contributed by atoms with E-state index in [2.05, 4.69) is 37.9 Å². The van der Waals surface area contributed by atoms with E-state index in [0.717, 1.165) is 12.5 Å². The van der Waals surface area contributed by atoms with E-state index in [1.54, 1.807) is 0 Å². The molecule has 1 aromatic rings. The highest BCUT2D eigenvalue weighted by Gasteiger charge is 2.22. The highest BCUT2D eigenvalue weighted by atomic mass is 32.1. The third-order valence-corrected chi connectivity index (χ3v) is 5.49. The van der Waals surface area contributed by atoms with Crippen molar-refractivity contribution in [3.63, 3.8) is 0 Å². The van der Waals surface area contributed by atoms with Crippen LogP contribution in [0.3, 0.4) is 0 Å². The van der Waals surface area contributed by atoms with Gasteiger partial charge in [0.15, 0.2) is 5.13 Å². The van der Waals surface area contributed by atoms with Crippen LogP contribution in [0.25, 0.3) is 0 Å². The zero-order valence-electron chi connectivity index (χ0n) is 12.7. The summed E-state index contributed by atoms with van der Waals surface area (Å²) in [5.74, 6) is 0.854. The van der Waals surface area contributed by atoms with Crippen LogP contribution in [0.5, 0.6) is 0 Å². The SMILES string of the molecule is CCNC(C)c1sc(N2CCCC(CC)C2)nc1C. The molecular formula is C15H27N3S. The number of thiazole rings is 1. The predicted octanol–water partition coefficient (Wildman–Crippen LogP) is 3.75. The van der Waals surface area contributed by atoms with Crippen LogP contribution in [-0.2, 0) is 0 Å². The zero-order valence-corrected chi connectivity index (χ0v) is 13.5. The molecule has 108 valence electrons. The molecular weight excluding hydrogens is 254 g/mol. The van der Waals surface area contributed by atoms with Gasteiger partial charge in [-0.05, 0) is 39.2 Å². The van der Waals surface area contributed by atoms with Crippen molar-refractivity contribution in [2.45, 2.75) is 53.0 Å². The summed E-state index contributed by atoms with van der Waals surface area (Å²) in [5.41, 5.74) is 1.20. The number of rotatable bonds is 5. The molecule has 2 atom stereocenters. The van der Waals surface area contributed by atoms with Gasteiger partial charge < -0.3 is 10.2 Å². The van der Waals surface area contributed by atoms with Crippen LogP contribution in [0, 0.1) is 12.8 Å². The Kier molecular flexibility index (Phi) is 5.22. The van der Waals surface area contributed by atoms with E-state index in [0.29, 0.717) is 6.04 Å². The lowest BCUT2D eigenvalue weighted by molar-refractivity contribution is 0.404. The molecule has 0 aromatic carbocycles. The molecule has 0 amide bonds. The number of hydrogen-bond donors (Lipinski definition) is 1. The van der Waals surface area contributed by atoms with E-state index >= 15 is 0 Å². The molecule has 1 saturated heterocycles. The Balaban J connectivity index is 2.10. The number of piperidine rings is 1. The smallest absolute Gasteiger partial charge is 0.185 e. The summed E-state index contributed by atoms with van der Waals surface area (Å²) in [6.07, 6.45) is 3.99. The van der Waals surface area contributed by atoms with Crippen LogP contribution in [0.4, 0.5) is 5.13 Å². The third kappa shape index (κ3) is 3.48. The Labute approximate surface area is 121 Å². The Morgan fingerprint density at radius 3 is 2.95 bits per heavy atom. The predicted molar refractivity (Wildman–Crippen MR) is 84.2 cm³/mol. The van der Waals surface area contributed by atoms with Gasteiger partial charge in [0.1, 0.15) is 0 Å². The highest BCUT2D eigenvalue weighted by Crippen LogP contribution is 2.33. The first-order chi connectivity index (χ1) is 9.15. The van der Waals surface area contributed by atoms with Gasteiger partial charge in [0.25, 0.3) is 0 Å². The van der Waals surface area contributed by atoms with Gasteiger partial charge in [0.2, 0.25) is 0 Å². The monoisotopic (exact) mass is 281 g/mol. The molecule has 1 N–H and O–H groups in total. The van der Waals surface area contributed by atoms with Crippen molar-refractivity contribution in [1.29, 1.82) is 0 Å². The van der Waals surface area contributed by atoms with Crippen LogP contribution >= 0.6 is 11.3 Å². The quantitative estimate of drug-likeness (QED) is 0.891. The van der Waals surface area contributed by atoms with Gasteiger partial charge in [-0.2, -0.15) is 0 Å². The molecule has 2 unspecified atom stereocenters. The zero-order chi connectivity index (χ0) is 13.8. The number of nitrogens with zero attached hydrogens (tertiary/aromatic N) is 2. The van der Waals surface area contributed by atoms with Crippen LogP contribution in [0.1, 0.15) is 56.6 Å². The molecule has 19 heavy (non-hydrogen) atoms. The van der Waals surface area contributed by atoms with Crippen LogP contribution in [0.2, 0.25) is 0 Å². The van der Waals surface area contributed by atoms with Crippen LogP contribution in [0.15, 0.2) is 0 Å². The molecule has 1 aromatic heterocycles. The largest absolute Gasteiger partial charge is 0.348 e. The number of anilines is 1. The van der Waals surface area contributed by atoms with E-state index < -0.39 is 0 Å². The molecule has 4 heteroatoms. The van der Waals surface area contributed by atoms with Gasteiger partial charge >= 0.3 is 0 Å². The van der Waals surface area contributed by atoms with E-state index in [-0.39, 0.29) is 0 Å². The number of aromatic nitrogens is 1. The Bertz CT molecular complexity index is 402. The second-order valence-electron chi connectivity index (χ2n) is 5.59. The molecule has 0 radical (unpaired) electrons. The summed E-state index contributed by atoms with van der Waals surface area (Å²) < 4.78 is 0. The van der Waals surface area contributed by atoms with Crippen molar-refractivity contribution < 1.29 is 0 Å². The van der Waals surface area contributed by atoms with Gasteiger partial charge in [-0.1, -0.05) is 20.3 Å². The van der Waals surface area contributed by atoms with Gasteiger partial charge in [-0.3, -0.25) is 0 Å². The highest BCUT2D eigenvalue weighted by molar-refractivity contribution is 7.15. The van der Waals surface area contributed by atoms with Crippen LogP contribution < -0.4 is 10.2 Å². The molecule has 1 aliphatic heterocycles. The van der Waals surface area contributed by atoms with Crippen molar-refractivity contribution >= 4 is 16.5 Å². The van der Waals surface area contributed by atoms with Crippen molar-refractivity contribution in [3.05, 3.63) is 10.6 Å². The second kappa shape index (κ2) is 6.71. The third-order valence-electron chi connectivity index (χ3n) is 4.09. The van der Waals surface area contributed by atoms with Gasteiger partial charge in [0, 0.05) is 24.0 Å². The van der Waals surface area contributed by atoms with Crippen molar-refractivity contribution in [2.75, 3.05) is 24.5 Å². The minimum atomic E-state index is 0.419. The van der Waals surface area contributed by atoms with Gasteiger partial charge in [-0.25, -0.2) is 4.98 Å². The Morgan fingerprint density at radius 2 is 2.26 bits per heavy atom. The minimum Gasteiger partial charge on any atom is -0.348 e. The molecule has 0 bridgehead atoms. The van der Waals surface area contributed by atoms with E-state index in [1.807, 2.05) is 11.3 Å². The number of nitrogens with one attached hydrogen (secondary N) is 1. The maximum atomic E-state index is 4.81. The molecule has 1 fully saturated rings. The summed E-state index contributed by atoms with van der Waals surface area (Å²) in [6.45, 7) is 12.2. The van der Waals surface area contributed by atoms with Crippen molar-refractivity contribution in [3.8, 4) is 0 Å². The van der Waals surface area contributed by atoms with Gasteiger partial charge in [-0.15, -0.1) is 11.3 Å². The van der Waals surface area contributed by atoms with E-state index in [1.165, 1.54) is 48.1 Å². The standard InChI is InChI=1S/C15H27N3S/c1-5-13-8-7-9-18(10-13)15-17-12(4)14(19-15)11(3)16-6-2/h11,13,16H,5-10H2,1-4H3. The second-order valence-corrected chi connectivity index (χ2v) is 6.60.